The largest absolute Gasteiger partial charge is 0.346 e. The summed E-state index contributed by atoms with van der Waals surface area (Å²) in [6.45, 7) is 0.252. The molecule has 0 radical (unpaired) electrons. The van der Waals surface area contributed by atoms with E-state index >= 15 is 0 Å². The normalized spacial score (nSPS) is 11.2. The van der Waals surface area contributed by atoms with Gasteiger partial charge in [-0.05, 0) is 42.5 Å². The summed E-state index contributed by atoms with van der Waals surface area (Å²) in [7, 11) is -3.28. The van der Waals surface area contributed by atoms with E-state index in [4.69, 9.17) is 0 Å². The van der Waals surface area contributed by atoms with Crippen molar-refractivity contribution in [2.75, 3.05) is 6.26 Å². The van der Waals surface area contributed by atoms with Crippen molar-refractivity contribution in [1.82, 2.24) is 20.1 Å². The Morgan fingerprint density at radius 1 is 1.12 bits per heavy atom. The molecule has 3 rings (SSSR count). The molecule has 0 aliphatic carbocycles. The van der Waals surface area contributed by atoms with E-state index in [9.17, 15) is 13.2 Å². The summed E-state index contributed by atoms with van der Waals surface area (Å²) in [4.78, 5) is 16.8. The summed E-state index contributed by atoms with van der Waals surface area (Å²) in [5.41, 5.74) is 1.07. The Hall–Kier alpha value is -3.00. The lowest BCUT2D eigenvalue weighted by Crippen LogP contribution is -2.23. The van der Waals surface area contributed by atoms with Crippen molar-refractivity contribution < 1.29 is 13.2 Å². The summed E-state index contributed by atoms with van der Waals surface area (Å²) in [6, 6.07) is 13.1. The fraction of sp³-hybridized carbons (Fsp3) is 0.118. The molecule has 0 saturated heterocycles. The Kier molecular flexibility index (Phi) is 4.62. The Balaban J connectivity index is 1.67. The molecule has 2 heterocycles. The van der Waals surface area contributed by atoms with E-state index < -0.39 is 9.84 Å². The average Bonchev–Trinajstić information content (AvgIpc) is 3.14. The van der Waals surface area contributed by atoms with Crippen LogP contribution in [0, 0.1) is 0 Å². The van der Waals surface area contributed by atoms with Crippen molar-refractivity contribution in [3.8, 4) is 5.82 Å². The number of hydrogen-bond acceptors (Lipinski definition) is 5. The number of hydrogen-bond donors (Lipinski definition) is 1. The highest BCUT2D eigenvalue weighted by molar-refractivity contribution is 7.90. The molecule has 2 aromatic heterocycles. The first-order chi connectivity index (χ1) is 11.9. The molecule has 1 amide bonds. The first-order valence-electron chi connectivity index (χ1n) is 7.48. The van der Waals surface area contributed by atoms with Gasteiger partial charge in [0, 0.05) is 24.2 Å². The molecule has 0 bridgehead atoms. The first kappa shape index (κ1) is 16.8. The van der Waals surface area contributed by atoms with Crippen LogP contribution in [0.3, 0.4) is 0 Å². The predicted octanol–water partition coefficient (Wildman–Crippen LogP) is 1.60. The number of aromatic nitrogens is 3. The van der Waals surface area contributed by atoms with Crippen LogP contribution < -0.4 is 5.32 Å². The van der Waals surface area contributed by atoms with E-state index in [1.54, 1.807) is 29.2 Å². The Morgan fingerprint density at radius 3 is 2.52 bits per heavy atom. The maximum absolute atomic E-state index is 12.2. The lowest BCUT2D eigenvalue weighted by atomic mass is 10.2. The zero-order chi connectivity index (χ0) is 17.9. The number of carbonyl (C=O) groups is 1. The highest BCUT2D eigenvalue weighted by Gasteiger charge is 2.10. The van der Waals surface area contributed by atoms with E-state index in [0.29, 0.717) is 17.1 Å². The standard InChI is InChI=1S/C17H16N4O3S/c1-25(23,24)15-8-6-13(7-9-15)17(22)18-12-14-4-2-5-16(20-14)21-11-3-10-19-21/h2-11H,12H2,1H3,(H,18,22). The smallest absolute Gasteiger partial charge is 0.251 e. The highest BCUT2D eigenvalue weighted by atomic mass is 32.2. The van der Waals surface area contributed by atoms with Crippen molar-refractivity contribution in [1.29, 1.82) is 0 Å². The highest BCUT2D eigenvalue weighted by Crippen LogP contribution is 2.10. The second-order valence-corrected chi connectivity index (χ2v) is 7.43. The van der Waals surface area contributed by atoms with Crippen LogP contribution in [0.4, 0.5) is 0 Å². The van der Waals surface area contributed by atoms with Crippen molar-refractivity contribution in [3.05, 3.63) is 72.2 Å². The zero-order valence-corrected chi connectivity index (χ0v) is 14.3. The van der Waals surface area contributed by atoms with E-state index in [2.05, 4.69) is 15.4 Å². The summed E-state index contributed by atoms with van der Waals surface area (Å²) >= 11 is 0. The van der Waals surface area contributed by atoms with E-state index in [1.165, 1.54) is 24.3 Å². The molecule has 1 N–H and O–H groups in total. The number of nitrogens with zero attached hydrogens (tertiary/aromatic N) is 3. The number of nitrogens with one attached hydrogen (secondary N) is 1. The van der Waals surface area contributed by atoms with Gasteiger partial charge in [-0.15, -0.1) is 0 Å². The van der Waals surface area contributed by atoms with Crippen LogP contribution in [0.25, 0.3) is 5.82 Å². The topological polar surface area (TPSA) is 94.0 Å². The van der Waals surface area contributed by atoms with E-state index in [1.807, 2.05) is 12.1 Å². The van der Waals surface area contributed by atoms with Crippen LogP contribution in [0.15, 0.2) is 65.8 Å². The van der Waals surface area contributed by atoms with Crippen LogP contribution in [0.5, 0.6) is 0 Å². The minimum atomic E-state index is -3.28. The van der Waals surface area contributed by atoms with Gasteiger partial charge in [-0.3, -0.25) is 4.79 Å². The van der Waals surface area contributed by atoms with Gasteiger partial charge < -0.3 is 5.32 Å². The van der Waals surface area contributed by atoms with Gasteiger partial charge in [0.1, 0.15) is 0 Å². The van der Waals surface area contributed by atoms with Crippen LogP contribution in [-0.4, -0.2) is 35.3 Å². The number of amides is 1. The summed E-state index contributed by atoms with van der Waals surface area (Å²) < 4.78 is 24.5. The molecule has 25 heavy (non-hydrogen) atoms. The SMILES string of the molecule is CS(=O)(=O)c1ccc(C(=O)NCc2cccc(-n3cccn3)n2)cc1. The maximum Gasteiger partial charge on any atom is 0.251 e. The molecular formula is C17H16N4O3S. The fourth-order valence-corrected chi connectivity index (χ4v) is 2.85. The fourth-order valence-electron chi connectivity index (χ4n) is 2.22. The zero-order valence-electron chi connectivity index (χ0n) is 13.5. The van der Waals surface area contributed by atoms with Crippen molar-refractivity contribution in [3.63, 3.8) is 0 Å². The Morgan fingerprint density at radius 2 is 1.88 bits per heavy atom. The number of rotatable bonds is 5. The van der Waals surface area contributed by atoms with E-state index in [0.717, 1.165) is 6.26 Å². The second-order valence-electron chi connectivity index (χ2n) is 5.42. The Bertz CT molecular complexity index is 981. The van der Waals surface area contributed by atoms with Crippen LogP contribution in [-0.2, 0) is 16.4 Å². The maximum atomic E-state index is 12.2. The van der Waals surface area contributed by atoms with Crippen molar-refractivity contribution >= 4 is 15.7 Å². The third-order valence-corrected chi connectivity index (χ3v) is 4.63. The molecule has 1 aromatic carbocycles. The van der Waals surface area contributed by atoms with Gasteiger partial charge >= 0.3 is 0 Å². The Labute approximate surface area is 145 Å². The van der Waals surface area contributed by atoms with Gasteiger partial charge in [0.05, 0.1) is 17.1 Å². The van der Waals surface area contributed by atoms with Gasteiger partial charge in [-0.1, -0.05) is 6.07 Å². The molecule has 3 aromatic rings. The van der Waals surface area contributed by atoms with Gasteiger partial charge in [0.15, 0.2) is 15.7 Å². The van der Waals surface area contributed by atoms with Crippen molar-refractivity contribution in [2.45, 2.75) is 11.4 Å². The lowest BCUT2D eigenvalue weighted by molar-refractivity contribution is 0.0950. The molecule has 128 valence electrons. The van der Waals surface area contributed by atoms with Gasteiger partial charge in [0.2, 0.25) is 0 Å². The van der Waals surface area contributed by atoms with Crippen LogP contribution in [0.1, 0.15) is 16.1 Å². The van der Waals surface area contributed by atoms with Crippen LogP contribution >= 0.6 is 0 Å². The molecule has 0 spiro atoms. The number of sulfone groups is 1. The number of benzene rings is 1. The first-order valence-corrected chi connectivity index (χ1v) is 9.37. The summed E-state index contributed by atoms with van der Waals surface area (Å²) in [5, 5.41) is 6.88. The quantitative estimate of drug-likeness (QED) is 0.749. The summed E-state index contributed by atoms with van der Waals surface area (Å²) in [6.07, 6.45) is 4.57. The molecule has 0 aliphatic rings. The van der Waals surface area contributed by atoms with E-state index in [-0.39, 0.29) is 17.3 Å². The van der Waals surface area contributed by atoms with Crippen molar-refractivity contribution in [2.24, 2.45) is 0 Å². The predicted molar refractivity (Wildman–Crippen MR) is 92.1 cm³/mol. The molecular weight excluding hydrogens is 340 g/mol. The molecule has 0 fully saturated rings. The number of carbonyl (C=O) groups excluding carboxylic acids is 1. The third-order valence-electron chi connectivity index (χ3n) is 3.51. The monoisotopic (exact) mass is 356 g/mol. The van der Waals surface area contributed by atoms with Gasteiger partial charge in [-0.2, -0.15) is 5.10 Å². The molecule has 8 heteroatoms. The third kappa shape index (κ3) is 4.10. The molecule has 0 atom stereocenters. The van der Waals surface area contributed by atoms with Crippen LogP contribution in [0.2, 0.25) is 0 Å². The average molecular weight is 356 g/mol. The van der Waals surface area contributed by atoms with Gasteiger partial charge in [0.25, 0.3) is 5.91 Å². The minimum absolute atomic E-state index is 0.178. The lowest BCUT2D eigenvalue weighted by Gasteiger charge is -2.07. The molecule has 7 nitrogen and oxygen atoms in total. The molecule has 0 unspecified atom stereocenters. The molecule has 0 saturated carbocycles. The second kappa shape index (κ2) is 6.86. The summed E-state index contributed by atoms with van der Waals surface area (Å²) in [5.74, 6) is 0.362. The number of pyridine rings is 1. The minimum Gasteiger partial charge on any atom is -0.346 e. The van der Waals surface area contributed by atoms with Gasteiger partial charge in [-0.25, -0.2) is 18.1 Å². The molecule has 0 aliphatic heterocycles.